The molecule has 3 aromatic rings. The summed E-state index contributed by atoms with van der Waals surface area (Å²) >= 11 is 1.65. The lowest BCUT2D eigenvalue weighted by Gasteiger charge is -1.99. The third-order valence-electron chi connectivity index (χ3n) is 3.65. The van der Waals surface area contributed by atoms with E-state index in [4.69, 9.17) is 10.2 Å². The van der Waals surface area contributed by atoms with Crippen molar-refractivity contribution in [3.8, 4) is 27.2 Å². The van der Waals surface area contributed by atoms with E-state index in [9.17, 15) is 0 Å². The van der Waals surface area contributed by atoms with Crippen molar-refractivity contribution in [1.29, 1.82) is 5.26 Å². The van der Waals surface area contributed by atoms with E-state index >= 15 is 0 Å². The van der Waals surface area contributed by atoms with Crippen molar-refractivity contribution < 1.29 is 0 Å². The van der Waals surface area contributed by atoms with Crippen LogP contribution in [0.25, 0.3) is 21.1 Å². The first-order valence-electron chi connectivity index (χ1n) is 7.13. The van der Waals surface area contributed by atoms with Crippen LogP contribution in [-0.2, 0) is 0 Å². The molecule has 0 unspecified atom stereocenters. The van der Waals surface area contributed by atoms with E-state index in [1.807, 2.05) is 30.5 Å². The molecule has 0 N–H and O–H groups in total. The van der Waals surface area contributed by atoms with Crippen LogP contribution in [0.15, 0.2) is 42.9 Å². The Bertz CT molecular complexity index is 843. The Hall–Kier alpha value is -2.58. The van der Waals surface area contributed by atoms with E-state index in [0.29, 0.717) is 11.5 Å². The molecule has 0 saturated heterocycles. The fourth-order valence-electron chi connectivity index (χ4n) is 2.36. The molecule has 106 valence electrons. The van der Waals surface area contributed by atoms with Crippen molar-refractivity contribution in [2.75, 3.05) is 0 Å². The Labute approximate surface area is 132 Å². The molecule has 0 atom stereocenters. The Kier molecular flexibility index (Phi) is 3.17. The molecule has 0 amide bonds. The lowest BCUT2D eigenvalue weighted by Crippen LogP contribution is -1.87. The van der Waals surface area contributed by atoms with E-state index in [1.54, 1.807) is 23.7 Å². The zero-order valence-electron chi connectivity index (χ0n) is 11.7. The molecule has 0 radical (unpaired) electrons. The van der Waals surface area contributed by atoms with Gasteiger partial charge in [-0.3, -0.25) is 9.97 Å². The lowest BCUT2D eigenvalue weighted by molar-refractivity contribution is 1.05. The second-order valence-corrected chi connectivity index (χ2v) is 6.29. The van der Waals surface area contributed by atoms with E-state index in [0.717, 1.165) is 26.8 Å². The molecule has 0 bridgehead atoms. The maximum absolute atomic E-state index is 8.90. The number of nitrogens with zero attached hydrogens (tertiary/aromatic N) is 4. The molecule has 1 aliphatic rings. The molecule has 1 fully saturated rings. The second kappa shape index (κ2) is 5.32. The van der Waals surface area contributed by atoms with Crippen LogP contribution in [0.5, 0.6) is 0 Å². The predicted molar refractivity (Wildman–Crippen MR) is 85.3 cm³/mol. The molecule has 3 aromatic heterocycles. The van der Waals surface area contributed by atoms with Crippen molar-refractivity contribution in [2.45, 2.75) is 18.8 Å². The third kappa shape index (κ3) is 2.38. The largest absolute Gasteiger partial charge is 0.264 e. The molecule has 5 heteroatoms. The van der Waals surface area contributed by atoms with Crippen molar-refractivity contribution >= 4 is 11.3 Å². The molecular weight excluding hydrogens is 292 g/mol. The lowest BCUT2D eigenvalue weighted by atomic mass is 10.2. The first-order chi connectivity index (χ1) is 10.8. The van der Waals surface area contributed by atoms with E-state index in [2.05, 4.69) is 16.0 Å². The highest BCUT2D eigenvalue weighted by Crippen LogP contribution is 2.47. The Morgan fingerprint density at radius 3 is 2.73 bits per heavy atom. The zero-order valence-corrected chi connectivity index (χ0v) is 12.5. The molecule has 4 nitrogen and oxygen atoms in total. The third-order valence-corrected chi connectivity index (χ3v) is 4.79. The van der Waals surface area contributed by atoms with Gasteiger partial charge in [0.2, 0.25) is 0 Å². The monoisotopic (exact) mass is 304 g/mol. The second-order valence-electron chi connectivity index (χ2n) is 5.29. The number of hydrogen-bond acceptors (Lipinski definition) is 5. The van der Waals surface area contributed by atoms with E-state index < -0.39 is 0 Å². The van der Waals surface area contributed by atoms with Gasteiger partial charge >= 0.3 is 0 Å². The maximum atomic E-state index is 8.90. The van der Waals surface area contributed by atoms with Gasteiger partial charge in [-0.25, -0.2) is 4.98 Å². The SMILES string of the molecule is N#Cc1ccc(-c2sc(-c3cccnc3)nc2C2CC2)nc1. The summed E-state index contributed by atoms with van der Waals surface area (Å²) in [7, 11) is 0. The van der Waals surface area contributed by atoms with E-state index in [-0.39, 0.29) is 0 Å². The molecule has 3 heterocycles. The first-order valence-corrected chi connectivity index (χ1v) is 7.94. The Morgan fingerprint density at radius 1 is 1.18 bits per heavy atom. The number of nitriles is 1. The summed E-state index contributed by atoms with van der Waals surface area (Å²) in [6, 6.07) is 9.77. The highest BCUT2D eigenvalue weighted by Gasteiger charge is 2.30. The molecule has 0 spiro atoms. The highest BCUT2D eigenvalue weighted by atomic mass is 32.1. The van der Waals surface area contributed by atoms with Gasteiger partial charge in [-0.05, 0) is 37.1 Å². The van der Waals surface area contributed by atoms with Gasteiger partial charge in [-0.2, -0.15) is 5.26 Å². The van der Waals surface area contributed by atoms with Crippen molar-refractivity contribution in [2.24, 2.45) is 0 Å². The number of rotatable bonds is 3. The minimum atomic E-state index is 0.550. The fraction of sp³-hybridized carbons (Fsp3) is 0.176. The fourth-order valence-corrected chi connectivity index (χ4v) is 3.47. The standard InChI is InChI=1S/C17H12N4S/c18-8-11-3-6-14(20-9-11)16-15(12-4-5-12)21-17(22-16)13-2-1-7-19-10-13/h1-3,6-7,9-10,12H,4-5H2. The smallest absolute Gasteiger partial charge is 0.125 e. The molecular formula is C17H12N4S. The summed E-state index contributed by atoms with van der Waals surface area (Å²) in [4.78, 5) is 14.6. The van der Waals surface area contributed by atoms with Crippen LogP contribution >= 0.6 is 11.3 Å². The summed E-state index contributed by atoms with van der Waals surface area (Å²) in [6.07, 6.45) is 7.61. The molecule has 0 aliphatic heterocycles. The number of aromatic nitrogens is 3. The first kappa shape index (κ1) is 13.1. The number of pyridine rings is 2. The molecule has 0 aromatic carbocycles. The van der Waals surface area contributed by atoms with Crippen molar-refractivity contribution in [3.05, 3.63) is 54.1 Å². The Balaban J connectivity index is 1.80. The van der Waals surface area contributed by atoms with Crippen molar-refractivity contribution in [3.63, 3.8) is 0 Å². The summed E-state index contributed by atoms with van der Waals surface area (Å²) in [6.45, 7) is 0. The van der Waals surface area contributed by atoms with Crippen LogP contribution in [0.3, 0.4) is 0 Å². The average molecular weight is 304 g/mol. The van der Waals surface area contributed by atoms with Crippen LogP contribution in [0, 0.1) is 11.3 Å². The van der Waals surface area contributed by atoms with Gasteiger partial charge in [-0.15, -0.1) is 11.3 Å². The predicted octanol–water partition coefficient (Wildman–Crippen LogP) is 4.02. The average Bonchev–Trinajstić information content (AvgIpc) is 3.34. The van der Waals surface area contributed by atoms with Crippen LogP contribution in [0.4, 0.5) is 0 Å². The van der Waals surface area contributed by atoms with Gasteiger partial charge in [0, 0.05) is 30.1 Å². The zero-order chi connectivity index (χ0) is 14.9. The van der Waals surface area contributed by atoms with Gasteiger partial charge in [0.05, 0.1) is 21.8 Å². The van der Waals surface area contributed by atoms with E-state index in [1.165, 1.54) is 12.8 Å². The van der Waals surface area contributed by atoms with Gasteiger partial charge < -0.3 is 0 Å². The topological polar surface area (TPSA) is 62.5 Å². The van der Waals surface area contributed by atoms with Crippen LogP contribution in [-0.4, -0.2) is 15.0 Å². The summed E-state index contributed by atoms with van der Waals surface area (Å²) in [5.41, 5.74) is 3.65. The van der Waals surface area contributed by atoms with Crippen LogP contribution in [0.2, 0.25) is 0 Å². The summed E-state index contributed by atoms with van der Waals surface area (Å²) in [5.74, 6) is 0.550. The molecule has 4 rings (SSSR count). The van der Waals surface area contributed by atoms with Crippen LogP contribution < -0.4 is 0 Å². The Morgan fingerprint density at radius 2 is 2.09 bits per heavy atom. The molecule has 1 saturated carbocycles. The van der Waals surface area contributed by atoms with Crippen molar-refractivity contribution in [1.82, 2.24) is 15.0 Å². The molecule has 1 aliphatic carbocycles. The highest BCUT2D eigenvalue weighted by molar-refractivity contribution is 7.18. The quantitative estimate of drug-likeness (QED) is 0.733. The van der Waals surface area contributed by atoms with Crippen LogP contribution in [0.1, 0.15) is 30.0 Å². The maximum Gasteiger partial charge on any atom is 0.125 e. The summed E-state index contributed by atoms with van der Waals surface area (Å²) < 4.78 is 0. The minimum Gasteiger partial charge on any atom is -0.264 e. The van der Waals surface area contributed by atoms with Gasteiger partial charge in [-0.1, -0.05) is 0 Å². The number of thiazole rings is 1. The number of hydrogen-bond donors (Lipinski definition) is 0. The van der Waals surface area contributed by atoms with Gasteiger partial charge in [0.1, 0.15) is 11.1 Å². The normalized spacial score (nSPS) is 13.8. The van der Waals surface area contributed by atoms with Gasteiger partial charge in [0.15, 0.2) is 0 Å². The minimum absolute atomic E-state index is 0.550. The summed E-state index contributed by atoms with van der Waals surface area (Å²) in [5, 5.41) is 9.88. The van der Waals surface area contributed by atoms with Gasteiger partial charge in [0.25, 0.3) is 0 Å². The molecule has 22 heavy (non-hydrogen) atoms.